The van der Waals surface area contributed by atoms with Crippen molar-refractivity contribution in [1.29, 1.82) is 0 Å². The van der Waals surface area contributed by atoms with Crippen molar-refractivity contribution in [2.45, 2.75) is 19.9 Å². The van der Waals surface area contributed by atoms with E-state index in [0.29, 0.717) is 12.2 Å². The molecule has 1 heterocycles. The number of halogens is 1. The molecule has 3 nitrogen and oxygen atoms in total. The molecule has 0 aliphatic carbocycles. The van der Waals surface area contributed by atoms with Gasteiger partial charge >= 0.3 is 0 Å². The first kappa shape index (κ1) is 16.3. The number of carbonyl (C=O) groups is 1. The van der Waals surface area contributed by atoms with Crippen molar-refractivity contribution in [2.75, 3.05) is 0 Å². The third kappa shape index (κ3) is 4.06. The molecule has 0 bridgehead atoms. The van der Waals surface area contributed by atoms with Gasteiger partial charge in [0.15, 0.2) is 0 Å². The summed E-state index contributed by atoms with van der Waals surface area (Å²) < 4.78 is 13.3. The van der Waals surface area contributed by atoms with E-state index in [1.165, 1.54) is 23.5 Å². The van der Waals surface area contributed by atoms with Crippen molar-refractivity contribution in [1.82, 2.24) is 10.3 Å². The lowest BCUT2D eigenvalue weighted by molar-refractivity contribution is -0.120. The molecule has 5 heteroatoms. The van der Waals surface area contributed by atoms with Gasteiger partial charge in [0.2, 0.25) is 5.91 Å². The molecule has 0 fully saturated rings. The van der Waals surface area contributed by atoms with Crippen LogP contribution in [0.5, 0.6) is 0 Å². The summed E-state index contributed by atoms with van der Waals surface area (Å²) >= 11 is 1.41. The topological polar surface area (TPSA) is 42.0 Å². The highest BCUT2D eigenvalue weighted by Crippen LogP contribution is 2.24. The fourth-order valence-electron chi connectivity index (χ4n) is 2.37. The van der Waals surface area contributed by atoms with E-state index in [1.54, 1.807) is 6.07 Å². The van der Waals surface area contributed by atoms with Gasteiger partial charge in [-0.1, -0.05) is 36.4 Å². The van der Waals surface area contributed by atoms with Gasteiger partial charge in [-0.2, -0.15) is 0 Å². The van der Waals surface area contributed by atoms with Crippen LogP contribution in [-0.4, -0.2) is 10.9 Å². The van der Waals surface area contributed by atoms with Crippen molar-refractivity contribution < 1.29 is 9.18 Å². The number of nitrogens with one attached hydrogen (secondary N) is 1. The maximum absolute atomic E-state index is 13.3. The van der Waals surface area contributed by atoms with Crippen LogP contribution in [-0.2, 0) is 17.8 Å². The summed E-state index contributed by atoms with van der Waals surface area (Å²) in [5.74, 6) is -0.366. The minimum absolute atomic E-state index is 0.0747. The Morgan fingerprint density at radius 3 is 2.83 bits per heavy atom. The zero-order chi connectivity index (χ0) is 16.9. The lowest BCUT2D eigenvalue weighted by atomic mass is 10.1. The number of benzene rings is 2. The molecule has 0 unspecified atom stereocenters. The zero-order valence-corrected chi connectivity index (χ0v) is 14.1. The molecule has 1 aromatic heterocycles. The lowest BCUT2D eigenvalue weighted by Gasteiger charge is -2.07. The number of thiazole rings is 1. The molecule has 0 aliphatic rings. The molecule has 1 amide bonds. The van der Waals surface area contributed by atoms with Gasteiger partial charge in [-0.15, -0.1) is 11.3 Å². The van der Waals surface area contributed by atoms with E-state index in [1.807, 2.05) is 42.6 Å². The second-order valence-electron chi connectivity index (χ2n) is 5.53. The minimum Gasteiger partial charge on any atom is -0.352 e. The summed E-state index contributed by atoms with van der Waals surface area (Å²) in [5, 5.41) is 5.47. The molecule has 122 valence electrons. The lowest BCUT2D eigenvalue weighted by Crippen LogP contribution is -2.25. The van der Waals surface area contributed by atoms with E-state index in [0.717, 1.165) is 21.7 Å². The number of nitrogens with zero attached hydrogens (tertiary/aromatic N) is 1. The molecule has 0 atom stereocenters. The smallest absolute Gasteiger partial charge is 0.226 e. The fraction of sp³-hybridized carbons (Fsp3) is 0.158. The van der Waals surface area contributed by atoms with E-state index in [4.69, 9.17) is 0 Å². The van der Waals surface area contributed by atoms with Crippen LogP contribution in [0.1, 0.15) is 16.8 Å². The van der Waals surface area contributed by atoms with Gasteiger partial charge in [0.05, 0.1) is 12.1 Å². The fourth-order valence-corrected chi connectivity index (χ4v) is 3.19. The number of carbonyl (C=O) groups excluding carboxylic acids is 1. The Kier molecular flexibility index (Phi) is 5.01. The maximum atomic E-state index is 13.3. The SMILES string of the molecule is Cc1ccccc1CNC(=O)Cc1csc(-c2cccc(F)c2)n1. The van der Waals surface area contributed by atoms with Crippen LogP contribution < -0.4 is 5.32 Å². The molecule has 3 rings (SSSR count). The molecule has 0 saturated carbocycles. The standard InChI is InChI=1S/C19H17FN2OS/c1-13-5-2-3-6-15(13)11-21-18(23)10-17-12-24-19(22-17)14-7-4-8-16(20)9-14/h2-9,12H,10-11H2,1H3,(H,21,23). The van der Waals surface area contributed by atoms with Crippen molar-refractivity contribution in [3.8, 4) is 10.6 Å². The Morgan fingerprint density at radius 1 is 1.21 bits per heavy atom. The molecule has 2 aromatic carbocycles. The van der Waals surface area contributed by atoms with Gasteiger partial charge in [-0.05, 0) is 30.2 Å². The second kappa shape index (κ2) is 7.36. The van der Waals surface area contributed by atoms with Gasteiger partial charge in [-0.3, -0.25) is 4.79 Å². The second-order valence-corrected chi connectivity index (χ2v) is 6.39. The Hall–Kier alpha value is -2.53. The molecule has 3 aromatic rings. The Balaban J connectivity index is 1.60. The number of rotatable bonds is 5. The van der Waals surface area contributed by atoms with E-state index < -0.39 is 0 Å². The average Bonchev–Trinajstić information content (AvgIpc) is 3.02. The largest absolute Gasteiger partial charge is 0.352 e. The molecule has 0 radical (unpaired) electrons. The van der Waals surface area contributed by atoms with E-state index in [2.05, 4.69) is 10.3 Å². The summed E-state index contributed by atoms with van der Waals surface area (Å²) in [6.07, 6.45) is 0.220. The first-order valence-electron chi connectivity index (χ1n) is 7.63. The summed E-state index contributed by atoms with van der Waals surface area (Å²) in [7, 11) is 0. The first-order valence-corrected chi connectivity index (χ1v) is 8.51. The summed E-state index contributed by atoms with van der Waals surface area (Å²) in [6.45, 7) is 2.53. The average molecular weight is 340 g/mol. The molecule has 1 N–H and O–H groups in total. The van der Waals surface area contributed by atoms with Crippen LogP contribution in [0.2, 0.25) is 0 Å². The summed E-state index contributed by atoms with van der Waals surface area (Å²) in [5.41, 5.74) is 3.68. The molecular formula is C19H17FN2OS. The first-order chi connectivity index (χ1) is 11.6. The molecule has 0 aliphatic heterocycles. The highest BCUT2D eigenvalue weighted by Gasteiger charge is 2.10. The predicted octanol–water partition coefficient (Wildman–Crippen LogP) is 4.12. The summed E-state index contributed by atoms with van der Waals surface area (Å²) in [4.78, 5) is 16.5. The molecular weight excluding hydrogens is 323 g/mol. The van der Waals surface area contributed by atoms with E-state index in [9.17, 15) is 9.18 Å². The molecule has 0 spiro atoms. The van der Waals surface area contributed by atoms with Crippen molar-refractivity contribution in [2.24, 2.45) is 0 Å². The van der Waals surface area contributed by atoms with Crippen molar-refractivity contribution in [3.63, 3.8) is 0 Å². The quantitative estimate of drug-likeness (QED) is 0.759. The van der Waals surface area contributed by atoms with Gasteiger partial charge in [0.1, 0.15) is 10.8 Å². The number of hydrogen-bond acceptors (Lipinski definition) is 3. The summed E-state index contributed by atoms with van der Waals surface area (Å²) in [6, 6.07) is 14.3. The van der Waals surface area contributed by atoms with Gasteiger partial charge in [0.25, 0.3) is 0 Å². The highest BCUT2D eigenvalue weighted by molar-refractivity contribution is 7.13. The number of amides is 1. The number of aryl methyl sites for hydroxylation is 1. The van der Waals surface area contributed by atoms with Crippen LogP contribution in [0.25, 0.3) is 10.6 Å². The Bertz CT molecular complexity index is 860. The third-order valence-corrected chi connectivity index (χ3v) is 4.64. The van der Waals surface area contributed by atoms with E-state index >= 15 is 0 Å². The van der Waals surface area contributed by atoms with Crippen molar-refractivity contribution in [3.05, 3.63) is 76.5 Å². The van der Waals surface area contributed by atoms with Gasteiger partial charge in [0, 0.05) is 17.5 Å². The van der Waals surface area contributed by atoms with Crippen molar-refractivity contribution >= 4 is 17.2 Å². The van der Waals surface area contributed by atoms with Crippen LogP contribution in [0.3, 0.4) is 0 Å². The number of aromatic nitrogens is 1. The van der Waals surface area contributed by atoms with Crippen LogP contribution >= 0.6 is 11.3 Å². The number of hydrogen-bond donors (Lipinski definition) is 1. The third-order valence-electron chi connectivity index (χ3n) is 3.70. The maximum Gasteiger partial charge on any atom is 0.226 e. The molecule has 24 heavy (non-hydrogen) atoms. The minimum atomic E-state index is -0.291. The van der Waals surface area contributed by atoms with Crippen LogP contribution in [0, 0.1) is 12.7 Å². The highest BCUT2D eigenvalue weighted by atomic mass is 32.1. The Morgan fingerprint density at radius 2 is 2.04 bits per heavy atom. The van der Waals surface area contributed by atoms with Gasteiger partial charge < -0.3 is 5.32 Å². The predicted molar refractivity (Wildman–Crippen MR) is 94.2 cm³/mol. The molecule has 0 saturated heterocycles. The van der Waals surface area contributed by atoms with Crippen LogP contribution in [0.4, 0.5) is 4.39 Å². The van der Waals surface area contributed by atoms with Gasteiger partial charge in [-0.25, -0.2) is 9.37 Å². The van der Waals surface area contributed by atoms with Crippen LogP contribution in [0.15, 0.2) is 53.9 Å². The van der Waals surface area contributed by atoms with E-state index in [-0.39, 0.29) is 18.1 Å². The normalized spacial score (nSPS) is 10.6. The Labute approximate surface area is 144 Å². The monoisotopic (exact) mass is 340 g/mol. The zero-order valence-electron chi connectivity index (χ0n) is 13.3.